The van der Waals surface area contributed by atoms with Gasteiger partial charge in [-0.05, 0) is 19.9 Å². The quantitative estimate of drug-likeness (QED) is 0.872. The van der Waals surface area contributed by atoms with Gasteiger partial charge >= 0.3 is 0 Å². The van der Waals surface area contributed by atoms with Crippen LogP contribution in [-0.4, -0.2) is 34.3 Å². The van der Waals surface area contributed by atoms with Gasteiger partial charge in [0.1, 0.15) is 0 Å². The Morgan fingerprint density at radius 2 is 2.06 bits per heavy atom. The minimum absolute atomic E-state index is 0.106. The topological polar surface area (TPSA) is 49.2 Å². The van der Waals surface area contributed by atoms with Crippen LogP contribution in [0.2, 0.25) is 0 Å². The smallest absolute Gasteiger partial charge is 0.226 e. The zero-order valence-electron chi connectivity index (χ0n) is 10.2. The highest BCUT2D eigenvalue weighted by Crippen LogP contribution is 2.16. The van der Waals surface area contributed by atoms with Gasteiger partial charge in [-0.25, -0.2) is 9.97 Å². The van der Waals surface area contributed by atoms with Crippen molar-refractivity contribution < 1.29 is 5.11 Å². The number of fused-ring (bicyclic) bond motifs is 1. The molecule has 1 N–H and O–H groups in total. The van der Waals surface area contributed by atoms with E-state index >= 15 is 0 Å². The number of nitrogens with zero attached hydrogens (tertiary/aromatic N) is 3. The summed E-state index contributed by atoms with van der Waals surface area (Å²) in [5.41, 5.74) is 0.932. The van der Waals surface area contributed by atoms with Gasteiger partial charge in [0.05, 0.1) is 12.1 Å². The number of benzene rings is 1. The number of aliphatic hydroxyl groups excluding tert-OH is 1. The summed E-state index contributed by atoms with van der Waals surface area (Å²) in [7, 11) is 0. The van der Waals surface area contributed by atoms with Gasteiger partial charge in [0.25, 0.3) is 0 Å². The van der Waals surface area contributed by atoms with Crippen LogP contribution in [0.3, 0.4) is 0 Å². The minimum atomic E-state index is 0.106. The molecular formula is C13H17N3O. The largest absolute Gasteiger partial charge is 0.395 e. The van der Waals surface area contributed by atoms with E-state index in [9.17, 15) is 0 Å². The molecule has 2 rings (SSSR count). The number of para-hydroxylation sites is 1. The van der Waals surface area contributed by atoms with Crippen molar-refractivity contribution in [1.82, 2.24) is 9.97 Å². The molecule has 0 fully saturated rings. The predicted molar refractivity (Wildman–Crippen MR) is 69.1 cm³/mol. The third kappa shape index (κ3) is 2.53. The second-order valence-corrected chi connectivity index (χ2v) is 4.24. The average molecular weight is 231 g/mol. The van der Waals surface area contributed by atoms with Crippen molar-refractivity contribution >= 4 is 16.9 Å². The number of hydrogen-bond donors (Lipinski definition) is 1. The van der Waals surface area contributed by atoms with Crippen molar-refractivity contribution in [2.75, 3.05) is 18.1 Å². The second kappa shape index (κ2) is 5.10. The van der Waals surface area contributed by atoms with Gasteiger partial charge in [0.15, 0.2) is 0 Å². The maximum absolute atomic E-state index is 9.06. The molecule has 4 nitrogen and oxygen atoms in total. The van der Waals surface area contributed by atoms with Gasteiger partial charge in [-0.3, -0.25) is 0 Å². The number of hydrogen-bond acceptors (Lipinski definition) is 4. The van der Waals surface area contributed by atoms with Crippen molar-refractivity contribution in [1.29, 1.82) is 0 Å². The van der Waals surface area contributed by atoms with Gasteiger partial charge in [-0.1, -0.05) is 18.2 Å². The third-order valence-corrected chi connectivity index (χ3v) is 2.70. The molecule has 0 aliphatic carbocycles. The molecule has 0 amide bonds. The summed E-state index contributed by atoms with van der Waals surface area (Å²) in [5.74, 6) is 0.674. The Morgan fingerprint density at radius 3 is 2.76 bits per heavy atom. The molecule has 0 spiro atoms. The lowest BCUT2D eigenvalue weighted by atomic mass is 10.2. The summed E-state index contributed by atoms with van der Waals surface area (Å²) in [6.45, 7) is 4.78. The van der Waals surface area contributed by atoms with Crippen LogP contribution < -0.4 is 4.90 Å². The Morgan fingerprint density at radius 1 is 1.29 bits per heavy atom. The summed E-state index contributed by atoms with van der Waals surface area (Å²) < 4.78 is 0. The molecule has 0 radical (unpaired) electrons. The molecule has 2 aromatic rings. The number of aliphatic hydroxyl groups is 1. The zero-order chi connectivity index (χ0) is 12.3. The van der Waals surface area contributed by atoms with Crippen LogP contribution in [0.4, 0.5) is 5.95 Å². The van der Waals surface area contributed by atoms with Gasteiger partial charge in [0, 0.05) is 24.2 Å². The highest BCUT2D eigenvalue weighted by atomic mass is 16.3. The van der Waals surface area contributed by atoms with E-state index < -0.39 is 0 Å². The normalized spacial score (nSPS) is 11.1. The molecule has 0 saturated carbocycles. The predicted octanol–water partition coefficient (Wildman–Crippen LogP) is 1.84. The van der Waals surface area contributed by atoms with Crippen molar-refractivity contribution in [3.05, 3.63) is 30.5 Å². The maximum Gasteiger partial charge on any atom is 0.226 e. The Kier molecular flexibility index (Phi) is 3.54. The van der Waals surface area contributed by atoms with Gasteiger partial charge in [-0.15, -0.1) is 0 Å². The second-order valence-electron chi connectivity index (χ2n) is 4.24. The first kappa shape index (κ1) is 11.8. The molecule has 0 saturated heterocycles. The number of aromatic nitrogens is 2. The molecule has 4 heteroatoms. The van der Waals surface area contributed by atoms with Crippen LogP contribution in [0.1, 0.15) is 13.8 Å². The molecule has 0 bridgehead atoms. The summed E-state index contributed by atoms with van der Waals surface area (Å²) >= 11 is 0. The molecular weight excluding hydrogens is 214 g/mol. The van der Waals surface area contributed by atoms with Crippen LogP contribution in [0.15, 0.2) is 30.5 Å². The fourth-order valence-electron chi connectivity index (χ4n) is 1.80. The van der Waals surface area contributed by atoms with Crippen LogP contribution in [0.25, 0.3) is 10.9 Å². The molecule has 0 aliphatic heterocycles. The summed E-state index contributed by atoms with van der Waals surface area (Å²) in [6.07, 6.45) is 1.82. The van der Waals surface area contributed by atoms with Crippen molar-refractivity contribution in [3.8, 4) is 0 Å². The highest BCUT2D eigenvalue weighted by molar-refractivity contribution is 5.78. The van der Waals surface area contributed by atoms with E-state index in [4.69, 9.17) is 5.11 Å². The van der Waals surface area contributed by atoms with Crippen LogP contribution in [-0.2, 0) is 0 Å². The van der Waals surface area contributed by atoms with E-state index in [0.717, 1.165) is 10.9 Å². The van der Waals surface area contributed by atoms with Gasteiger partial charge < -0.3 is 10.0 Å². The Labute approximate surface area is 101 Å². The van der Waals surface area contributed by atoms with E-state index in [1.54, 1.807) is 0 Å². The van der Waals surface area contributed by atoms with Crippen molar-refractivity contribution in [3.63, 3.8) is 0 Å². The molecule has 0 atom stereocenters. The number of anilines is 1. The minimum Gasteiger partial charge on any atom is -0.395 e. The Bertz CT molecular complexity index is 499. The van der Waals surface area contributed by atoms with Crippen molar-refractivity contribution in [2.24, 2.45) is 0 Å². The third-order valence-electron chi connectivity index (χ3n) is 2.70. The summed E-state index contributed by atoms with van der Waals surface area (Å²) in [6, 6.07) is 8.16. The molecule has 0 unspecified atom stereocenters. The van der Waals surface area contributed by atoms with Gasteiger partial charge in [-0.2, -0.15) is 0 Å². The fourth-order valence-corrected chi connectivity index (χ4v) is 1.80. The Hall–Kier alpha value is -1.68. The van der Waals surface area contributed by atoms with E-state index in [-0.39, 0.29) is 12.6 Å². The lowest BCUT2D eigenvalue weighted by molar-refractivity contribution is 0.298. The zero-order valence-corrected chi connectivity index (χ0v) is 10.2. The first-order valence-corrected chi connectivity index (χ1v) is 5.81. The van der Waals surface area contributed by atoms with E-state index in [1.807, 2.05) is 35.4 Å². The SMILES string of the molecule is CC(C)N(CCO)c1ncc2ccccc2n1. The standard InChI is InChI=1S/C13H17N3O/c1-10(2)16(7-8-17)13-14-9-11-5-3-4-6-12(11)15-13/h3-6,9-10,17H,7-8H2,1-2H3. The summed E-state index contributed by atoms with van der Waals surface area (Å²) in [5, 5.41) is 10.1. The summed E-state index contributed by atoms with van der Waals surface area (Å²) in [4.78, 5) is 10.9. The van der Waals surface area contributed by atoms with Crippen LogP contribution >= 0.6 is 0 Å². The van der Waals surface area contributed by atoms with Crippen LogP contribution in [0, 0.1) is 0 Å². The average Bonchev–Trinajstić information content (AvgIpc) is 2.35. The van der Waals surface area contributed by atoms with E-state index in [1.165, 1.54) is 0 Å². The maximum atomic E-state index is 9.06. The molecule has 1 heterocycles. The lowest BCUT2D eigenvalue weighted by Crippen LogP contribution is -2.34. The van der Waals surface area contributed by atoms with Gasteiger partial charge in [0.2, 0.25) is 5.95 Å². The highest BCUT2D eigenvalue weighted by Gasteiger charge is 2.12. The molecule has 1 aromatic carbocycles. The van der Waals surface area contributed by atoms with E-state index in [0.29, 0.717) is 12.5 Å². The van der Waals surface area contributed by atoms with E-state index in [2.05, 4.69) is 23.8 Å². The first-order valence-electron chi connectivity index (χ1n) is 5.81. The molecule has 1 aromatic heterocycles. The monoisotopic (exact) mass is 231 g/mol. The number of rotatable bonds is 4. The Balaban J connectivity index is 2.40. The fraction of sp³-hybridized carbons (Fsp3) is 0.385. The van der Waals surface area contributed by atoms with Crippen molar-refractivity contribution in [2.45, 2.75) is 19.9 Å². The molecule has 0 aliphatic rings. The first-order chi connectivity index (χ1) is 8.22. The molecule has 90 valence electrons. The lowest BCUT2D eigenvalue weighted by Gasteiger charge is -2.25. The van der Waals surface area contributed by atoms with Crippen LogP contribution in [0.5, 0.6) is 0 Å². The molecule has 17 heavy (non-hydrogen) atoms.